The molecule has 0 saturated heterocycles. The molecule has 0 saturated carbocycles. The Balaban J connectivity index is 1.45. The molecule has 0 amide bonds. The Morgan fingerprint density at radius 3 is 2.23 bits per heavy atom. The van der Waals surface area contributed by atoms with Gasteiger partial charge in [0.05, 0.1) is 28.1 Å². The number of phenolic OH excluding ortho intramolecular Hbond substituents is 1. The van der Waals surface area contributed by atoms with Crippen LogP contribution >= 0.6 is 0 Å². The summed E-state index contributed by atoms with van der Waals surface area (Å²) in [5.41, 5.74) is 6.33. The lowest BCUT2D eigenvalue weighted by Crippen LogP contribution is -2.08. The zero-order valence-electron chi connectivity index (χ0n) is 29.8. The zero-order chi connectivity index (χ0) is 34.7. The predicted octanol–water partition coefficient (Wildman–Crippen LogP) is 10.5. The fourth-order valence-electron chi connectivity index (χ4n) is 6.02. The van der Waals surface area contributed by atoms with Crippen LogP contribution in [-0.4, -0.2) is 19.6 Å². The topological polar surface area (TPSA) is 50.9 Å². The third-order valence-corrected chi connectivity index (χ3v) is 8.09. The lowest BCUT2D eigenvalue weighted by molar-refractivity contribution is 0.478. The monoisotopic (exact) mass is 578 g/mol. The van der Waals surface area contributed by atoms with Crippen molar-refractivity contribution >= 4 is 21.8 Å². The highest BCUT2D eigenvalue weighted by Crippen LogP contribution is 2.39. The van der Waals surface area contributed by atoms with Crippen molar-refractivity contribution in [2.45, 2.75) is 39.4 Å². The highest BCUT2D eigenvalue weighted by atomic mass is 16.3. The van der Waals surface area contributed by atoms with Gasteiger partial charge >= 0.3 is 0 Å². The molecule has 0 fully saturated rings. The summed E-state index contributed by atoms with van der Waals surface area (Å²) in [6.45, 7) is 2.29. The molecule has 5 aromatic carbocycles. The van der Waals surface area contributed by atoms with Gasteiger partial charge in [0, 0.05) is 23.5 Å². The van der Waals surface area contributed by atoms with E-state index in [1.807, 2.05) is 108 Å². The van der Waals surface area contributed by atoms with Crippen molar-refractivity contribution in [2.75, 3.05) is 0 Å². The van der Waals surface area contributed by atoms with E-state index < -0.39 is 18.6 Å². The summed E-state index contributed by atoms with van der Waals surface area (Å²) in [4.78, 5) is 10.1. The highest BCUT2D eigenvalue weighted by molar-refractivity contribution is 5.99. The van der Waals surface area contributed by atoms with Gasteiger partial charge in [-0.25, -0.2) is 9.97 Å². The van der Waals surface area contributed by atoms with Crippen LogP contribution in [0.1, 0.15) is 57.4 Å². The van der Waals surface area contributed by atoms with Crippen LogP contribution in [0.5, 0.6) is 5.75 Å². The van der Waals surface area contributed by atoms with E-state index in [1.165, 1.54) is 6.92 Å². The van der Waals surface area contributed by atoms with Crippen molar-refractivity contribution in [3.63, 3.8) is 0 Å². The van der Waals surface area contributed by atoms with Crippen molar-refractivity contribution in [1.29, 1.82) is 0 Å². The minimum absolute atomic E-state index is 0.149. The van der Waals surface area contributed by atoms with Gasteiger partial charge in [0.1, 0.15) is 11.6 Å². The number of rotatable bonds is 6. The van der Waals surface area contributed by atoms with Gasteiger partial charge in [-0.3, -0.25) is 4.57 Å². The molecule has 4 heteroatoms. The fraction of sp³-hybridized carbons (Fsp3) is 0.150. The standard InChI is InChI=1S/C40H35N3O/c1-25(2)30-16-10-17-31(26(3)4)39(30)43-36-21-8-7-18-34(36)42-40(43)29-14-9-13-28(24-29)33-19-11-20-35(41-33)38-32-15-6-5-12-27(32)22-23-37(38)44/h5-26,44H,1-4H3/i1D3,25D,26D. The van der Waals surface area contributed by atoms with Crippen LogP contribution in [0.4, 0.5) is 0 Å². The van der Waals surface area contributed by atoms with Gasteiger partial charge in [0.2, 0.25) is 0 Å². The quantitative estimate of drug-likeness (QED) is 0.214. The number of aromatic hydroxyl groups is 1. The summed E-state index contributed by atoms with van der Waals surface area (Å²) < 4.78 is 45.1. The SMILES string of the molecule is [2H]C(C)(C)c1cccc(C([2H])(C)C([2H])([2H])[2H])c1-n1c(-c2cccc(-c3cccc(-c4c(O)ccc5ccccc45)n3)c2)nc2ccccc21. The predicted molar refractivity (Wildman–Crippen MR) is 183 cm³/mol. The molecule has 0 spiro atoms. The average Bonchev–Trinajstić information content (AvgIpc) is 3.46. The van der Waals surface area contributed by atoms with Gasteiger partial charge in [-0.05, 0) is 70.1 Å². The van der Waals surface area contributed by atoms with Gasteiger partial charge < -0.3 is 5.11 Å². The van der Waals surface area contributed by atoms with Crippen LogP contribution in [0, 0.1) is 0 Å². The summed E-state index contributed by atoms with van der Waals surface area (Å²) in [7, 11) is 0. The Hall–Kier alpha value is -5.22. The number of imidazole rings is 1. The smallest absolute Gasteiger partial charge is 0.145 e. The second-order valence-corrected chi connectivity index (χ2v) is 11.3. The van der Waals surface area contributed by atoms with Crippen molar-refractivity contribution < 1.29 is 12.0 Å². The van der Waals surface area contributed by atoms with E-state index in [-0.39, 0.29) is 11.3 Å². The summed E-state index contributed by atoms with van der Waals surface area (Å²) in [5, 5.41) is 12.8. The number of nitrogens with zero attached hydrogens (tertiary/aromatic N) is 3. The van der Waals surface area contributed by atoms with E-state index >= 15 is 0 Å². The summed E-state index contributed by atoms with van der Waals surface area (Å²) in [5.74, 6) is -2.41. The molecule has 0 aliphatic carbocycles. The van der Waals surface area contributed by atoms with Crippen molar-refractivity contribution in [1.82, 2.24) is 14.5 Å². The minimum Gasteiger partial charge on any atom is -0.507 e. The van der Waals surface area contributed by atoms with E-state index in [4.69, 9.17) is 16.8 Å². The molecule has 0 aliphatic heterocycles. The minimum atomic E-state index is -2.64. The van der Waals surface area contributed by atoms with Crippen LogP contribution in [0.2, 0.25) is 0 Å². The van der Waals surface area contributed by atoms with Crippen LogP contribution in [0.3, 0.4) is 0 Å². The maximum Gasteiger partial charge on any atom is 0.145 e. The first-order chi connectivity index (χ1) is 23.3. The molecule has 0 radical (unpaired) electrons. The highest BCUT2D eigenvalue weighted by Gasteiger charge is 2.22. The van der Waals surface area contributed by atoms with Crippen LogP contribution in [0.25, 0.3) is 61.4 Å². The summed E-state index contributed by atoms with van der Waals surface area (Å²) in [6, 6.07) is 37.9. The summed E-state index contributed by atoms with van der Waals surface area (Å²) >= 11 is 0. The first-order valence-electron chi connectivity index (χ1n) is 17.2. The van der Waals surface area contributed by atoms with Crippen molar-refractivity contribution in [2.24, 2.45) is 0 Å². The first-order valence-corrected chi connectivity index (χ1v) is 14.7. The molecule has 1 atom stereocenters. The van der Waals surface area contributed by atoms with Gasteiger partial charge in [-0.1, -0.05) is 113 Å². The van der Waals surface area contributed by atoms with Gasteiger partial charge in [0.25, 0.3) is 0 Å². The summed E-state index contributed by atoms with van der Waals surface area (Å²) in [6.07, 6.45) is 0. The second kappa shape index (κ2) is 11.1. The number of hydrogen-bond donors (Lipinski definition) is 1. The maximum absolute atomic E-state index is 10.9. The number of pyridine rings is 1. The largest absolute Gasteiger partial charge is 0.507 e. The van der Waals surface area contributed by atoms with Crippen LogP contribution in [0.15, 0.2) is 121 Å². The molecule has 2 aromatic heterocycles. The number of para-hydroxylation sites is 3. The molecular formula is C40H35N3O. The van der Waals surface area contributed by atoms with Crippen LogP contribution in [-0.2, 0) is 0 Å². The maximum atomic E-state index is 10.9. The number of fused-ring (bicyclic) bond motifs is 2. The molecule has 1 unspecified atom stereocenters. The Morgan fingerprint density at radius 1 is 0.682 bits per heavy atom. The van der Waals surface area contributed by atoms with Gasteiger partial charge in [0.15, 0.2) is 0 Å². The Morgan fingerprint density at radius 2 is 1.39 bits per heavy atom. The Bertz CT molecular complexity index is 2370. The van der Waals surface area contributed by atoms with E-state index in [0.717, 1.165) is 27.4 Å². The normalized spacial score (nSPS) is 15.2. The molecular weight excluding hydrogens is 538 g/mol. The van der Waals surface area contributed by atoms with Crippen molar-refractivity contribution in [3.8, 4) is 45.3 Å². The molecule has 7 aromatic rings. The fourth-order valence-corrected chi connectivity index (χ4v) is 6.02. The van der Waals surface area contributed by atoms with E-state index in [0.29, 0.717) is 39.5 Å². The molecule has 216 valence electrons. The Labute approximate surface area is 265 Å². The van der Waals surface area contributed by atoms with Crippen molar-refractivity contribution in [3.05, 3.63) is 132 Å². The van der Waals surface area contributed by atoms with Gasteiger partial charge in [-0.15, -0.1) is 0 Å². The number of benzene rings is 5. The molecule has 0 bridgehead atoms. The number of phenols is 1. The van der Waals surface area contributed by atoms with E-state index in [1.54, 1.807) is 32.0 Å². The molecule has 4 nitrogen and oxygen atoms in total. The third-order valence-electron chi connectivity index (χ3n) is 8.09. The number of aromatic nitrogens is 3. The lowest BCUT2D eigenvalue weighted by Gasteiger charge is -2.22. The lowest BCUT2D eigenvalue weighted by atomic mass is 9.92. The molecule has 1 N–H and O–H groups in total. The molecule has 44 heavy (non-hydrogen) atoms. The Kier molecular flexibility index (Phi) is 5.65. The second-order valence-electron chi connectivity index (χ2n) is 11.3. The zero-order valence-corrected chi connectivity index (χ0v) is 24.8. The van der Waals surface area contributed by atoms with Crippen LogP contribution < -0.4 is 0 Å². The van der Waals surface area contributed by atoms with Gasteiger partial charge in [-0.2, -0.15) is 0 Å². The molecule has 0 aliphatic rings. The first kappa shape index (κ1) is 22.3. The molecule has 7 rings (SSSR count). The number of hydrogen-bond acceptors (Lipinski definition) is 3. The van der Waals surface area contributed by atoms with E-state index in [2.05, 4.69) is 0 Å². The average molecular weight is 579 g/mol. The third kappa shape index (κ3) is 4.73. The molecule has 2 heterocycles. The van der Waals surface area contributed by atoms with E-state index in [9.17, 15) is 5.11 Å².